The summed E-state index contributed by atoms with van der Waals surface area (Å²) < 4.78 is 46.9. The van der Waals surface area contributed by atoms with Crippen LogP contribution in [0.25, 0.3) is 0 Å². The van der Waals surface area contributed by atoms with Crippen molar-refractivity contribution in [2.75, 3.05) is 13.1 Å². The first-order chi connectivity index (χ1) is 12.8. The lowest BCUT2D eigenvalue weighted by Crippen LogP contribution is -2.44. The van der Waals surface area contributed by atoms with Gasteiger partial charge in [0, 0.05) is 24.5 Å². The quantitative estimate of drug-likeness (QED) is 0.715. The van der Waals surface area contributed by atoms with Crippen molar-refractivity contribution in [2.24, 2.45) is 0 Å². The van der Waals surface area contributed by atoms with Gasteiger partial charge in [-0.25, -0.2) is 9.97 Å². The molecule has 3 rings (SSSR count). The Morgan fingerprint density at radius 3 is 2.48 bits per heavy atom. The molecular weight excluding hydrogens is 431 g/mol. The largest absolute Gasteiger partial charge is 0.573 e. The van der Waals surface area contributed by atoms with Crippen LogP contribution < -0.4 is 9.47 Å². The Kier molecular flexibility index (Phi) is 5.83. The number of aromatic nitrogens is 2. The number of rotatable bonds is 4. The number of alkyl halides is 3. The molecule has 1 fully saturated rings. The molecule has 0 bridgehead atoms. The number of amides is 1. The summed E-state index contributed by atoms with van der Waals surface area (Å²) in [6.45, 7) is 0.889. The topological polar surface area (TPSA) is 64.5 Å². The Balaban J connectivity index is 1.61. The summed E-state index contributed by atoms with van der Waals surface area (Å²) in [5, 5.41) is 0. The van der Waals surface area contributed by atoms with Gasteiger partial charge in [0.1, 0.15) is 11.9 Å². The zero-order chi connectivity index (χ0) is 19.4. The third kappa shape index (κ3) is 5.56. The molecular formula is C17H15BrF3N3O3. The van der Waals surface area contributed by atoms with Gasteiger partial charge in [-0.15, -0.1) is 13.2 Å². The third-order valence-electron chi connectivity index (χ3n) is 3.87. The highest BCUT2D eigenvalue weighted by Gasteiger charge is 2.31. The average Bonchev–Trinajstić information content (AvgIpc) is 2.63. The van der Waals surface area contributed by atoms with Crippen molar-refractivity contribution >= 4 is 21.8 Å². The minimum Gasteiger partial charge on any atom is -0.458 e. The molecule has 1 atom stereocenters. The van der Waals surface area contributed by atoms with Gasteiger partial charge in [-0.2, -0.15) is 0 Å². The van der Waals surface area contributed by atoms with Crippen molar-refractivity contribution in [3.63, 3.8) is 0 Å². The average molecular weight is 446 g/mol. The van der Waals surface area contributed by atoms with Crippen molar-refractivity contribution in [1.82, 2.24) is 14.9 Å². The molecule has 1 amide bonds. The lowest BCUT2D eigenvalue weighted by atomic mass is 10.1. The molecule has 2 aromatic rings. The maximum Gasteiger partial charge on any atom is 0.573 e. The standard InChI is InChI=1S/C17H15BrF3N3O3/c18-12-8-22-16(23-9-12)26-14-2-1-7-24(10-14)15(25)11-3-5-13(6-4-11)27-17(19,20)21/h3-6,8-9,14H,1-2,7,10H2. The fourth-order valence-electron chi connectivity index (χ4n) is 2.71. The monoisotopic (exact) mass is 445 g/mol. The summed E-state index contributed by atoms with van der Waals surface area (Å²) >= 11 is 3.24. The number of piperidine rings is 1. The molecule has 1 unspecified atom stereocenters. The van der Waals surface area contributed by atoms with Crippen LogP contribution in [0.5, 0.6) is 11.8 Å². The number of carbonyl (C=O) groups excluding carboxylic acids is 1. The number of halogens is 4. The highest BCUT2D eigenvalue weighted by molar-refractivity contribution is 9.10. The Labute approximate surface area is 161 Å². The molecule has 10 heteroatoms. The van der Waals surface area contributed by atoms with Crippen LogP contribution in [0.2, 0.25) is 0 Å². The van der Waals surface area contributed by atoms with Gasteiger partial charge >= 0.3 is 12.4 Å². The molecule has 0 radical (unpaired) electrons. The third-order valence-corrected chi connectivity index (χ3v) is 4.28. The number of benzene rings is 1. The highest BCUT2D eigenvalue weighted by atomic mass is 79.9. The van der Waals surface area contributed by atoms with Crippen molar-refractivity contribution in [3.05, 3.63) is 46.7 Å². The van der Waals surface area contributed by atoms with Gasteiger partial charge in [0.2, 0.25) is 0 Å². The molecule has 144 valence electrons. The summed E-state index contributed by atoms with van der Waals surface area (Å²) in [6, 6.07) is 5.09. The van der Waals surface area contributed by atoms with Gasteiger partial charge in [0.15, 0.2) is 0 Å². The summed E-state index contributed by atoms with van der Waals surface area (Å²) in [5.41, 5.74) is 0.282. The molecule has 1 aromatic carbocycles. The van der Waals surface area contributed by atoms with Gasteiger partial charge in [-0.05, 0) is 53.0 Å². The molecule has 1 aliphatic rings. The van der Waals surface area contributed by atoms with E-state index >= 15 is 0 Å². The second kappa shape index (κ2) is 8.12. The Morgan fingerprint density at radius 2 is 1.85 bits per heavy atom. The number of ether oxygens (including phenoxy) is 2. The first kappa shape index (κ1) is 19.4. The molecule has 0 spiro atoms. The number of hydrogen-bond acceptors (Lipinski definition) is 5. The van der Waals surface area contributed by atoms with E-state index in [1.165, 1.54) is 12.1 Å². The zero-order valence-corrected chi connectivity index (χ0v) is 15.5. The number of carbonyl (C=O) groups is 1. The summed E-state index contributed by atoms with van der Waals surface area (Å²) in [4.78, 5) is 22.3. The summed E-state index contributed by atoms with van der Waals surface area (Å²) in [7, 11) is 0. The van der Waals surface area contributed by atoms with Crippen molar-refractivity contribution in [2.45, 2.75) is 25.3 Å². The predicted octanol–water partition coefficient (Wildman–Crippen LogP) is 3.82. The summed E-state index contributed by atoms with van der Waals surface area (Å²) in [5.74, 6) is -0.648. The van der Waals surface area contributed by atoms with E-state index in [0.717, 1.165) is 29.4 Å². The zero-order valence-electron chi connectivity index (χ0n) is 13.9. The smallest absolute Gasteiger partial charge is 0.458 e. The molecule has 2 heterocycles. The fourth-order valence-corrected chi connectivity index (χ4v) is 2.92. The van der Waals surface area contributed by atoms with E-state index in [4.69, 9.17) is 4.74 Å². The lowest BCUT2D eigenvalue weighted by molar-refractivity contribution is -0.274. The molecule has 0 saturated carbocycles. The highest BCUT2D eigenvalue weighted by Crippen LogP contribution is 2.24. The number of hydrogen-bond donors (Lipinski definition) is 0. The molecule has 1 saturated heterocycles. The maximum atomic E-state index is 12.6. The van der Waals surface area contributed by atoms with Gasteiger partial charge < -0.3 is 14.4 Å². The van der Waals surface area contributed by atoms with Crippen LogP contribution in [0.15, 0.2) is 41.1 Å². The van der Waals surface area contributed by atoms with E-state index in [2.05, 4.69) is 30.6 Å². The van der Waals surface area contributed by atoms with Crippen LogP contribution in [0.4, 0.5) is 13.2 Å². The molecule has 1 aromatic heterocycles. The van der Waals surface area contributed by atoms with Gasteiger partial charge in [-0.3, -0.25) is 4.79 Å². The van der Waals surface area contributed by atoms with E-state index in [9.17, 15) is 18.0 Å². The van der Waals surface area contributed by atoms with Gasteiger partial charge in [0.25, 0.3) is 5.91 Å². The predicted molar refractivity (Wildman–Crippen MR) is 92.4 cm³/mol. The van der Waals surface area contributed by atoms with Crippen LogP contribution in [0.3, 0.4) is 0 Å². The second-order valence-corrected chi connectivity index (χ2v) is 6.80. The fraction of sp³-hybridized carbons (Fsp3) is 0.353. The number of likely N-dealkylation sites (tertiary alicyclic amines) is 1. The van der Waals surface area contributed by atoms with E-state index in [1.54, 1.807) is 17.3 Å². The molecule has 1 aliphatic heterocycles. The Hall–Kier alpha value is -2.36. The van der Waals surface area contributed by atoms with E-state index in [1.807, 2.05) is 0 Å². The van der Waals surface area contributed by atoms with E-state index in [0.29, 0.717) is 13.1 Å². The van der Waals surface area contributed by atoms with Crippen LogP contribution in [0.1, 0.15) is 23.2 Å². The van der Waals surface area contributed by atoms with Crippen LogP contribution >= 0.6 is 15.9 Å². The van der Waals surface area contributed by atoms with E-state index in [-0.39, 0.29) is 29.3 Å². The molecule has 27 heavy (non-hydrogen) atoms. The van der Waals surface area contributed by atoms with Crippen molar-refractivity contribution in [1.29, 1.82) is 0 Å². The SMILES string of the molecule is O=C(c1ccc(OC(F)(F)F)cc1)N1CCCC(Oc2ncc(Br)cn2)C1. The molecule has 0 aliphatic carbocycles. The first-order valence-corrected chi connectivity index (χ1v) is 8.89. The second-order valence-electron chi connectivity index (χ2n) is 5.89. The first-order valence-electron chi connectivity index (χ1n) is 8.09. The van der Waals surface area contributed by atoms with E-state index < -0.39 is 6.36 Å². The van der Waals surface area contributed by atoms with Crippen molar-refractivity contribution < 1.29 is 27.4 Å². The molecule has 6 nitrogen and oxygen atoms in total. The maximum absolute atomic E-state index is 12.6. The normalized spacial score (nSPS) is 17.5. The Bertz CT molecular complexity index is 785. The lowest BCUT2D eigenvalue weighted by Gasteiger charge is -2.32. The minimum absolute atomic E-state index is 0.228. The van der Waals surface area contributed by atoms with Crippen LogP contribution in [-0.2, 0) is 0 Å². The number of nitrogens with zero attached hydrogens (tertiary/aromatic N) is 3. The molecule has 0 N–H and O–H groups in total. The van der Waals surface area contributed by atoms with Gasteiger partial charge in [0.05, 0.1) is 11.0 Å². The van der Waals surface area contributed by atoms with Crippen molar-refractivity contribution in [3.8, 4) is 11.8 Å². The van der Waals surface area contributed by atoms with Crippen LogP contribution in [-0.4, -0.2) is 46.3 Å². The summed E-state index contributed by atoms with van der Waals surface area (Å²) in [6.07, 6.45) is -0.393. The minimum atomic E-state index is -4.77. The Morgan fingerprint density at radius 1 is 1.19 bits per heavy atom. The van der Waals surface area contributed by atoms with Crippen LogP contribution in [0, 0.1) is 0 Å². The van der Waals surface area contributed by atoms with Gasteiger partial charge in [-0.1, -0.05) is 0 Å².